The molecule has 0 radical (unpaired) electrons. The summed E-state index contributed by atoms with van der Waals surface area (Å²) in [5, 5.41) is 1.13. The van der Waals surface area contributed by atoms with Crippen molar-refractivity contribution >= 4 is 39.1 Å². The molecule has 0 fully saturated rings. The monoisotopic (exact) mass is 852 g/mol. The van der Waals surface area contributed by atoms with E-state index in [1.807, 2.05) is 0 Å². The van der Waals surface area contributed by atoms with E-state index in [9.17, 15) is 0 Å². The van der Waals surface area contributed by atoms with E-state index in [2.05, 4.69) is 149 Å². The van der Waals surface area contributed by atoms with Crippen LogP contribution in [0, 0.1) is 0 Å². The van der Waals surface area contributed by atoms with Gasteiger partial charge in [0.05, 0.1) is 0 Å². The predicted octanol–water partition coefficient (Wildman–Crippen LogP) is 15.4. The maximum atomic E-state index is 5.90. The Morgan fingerprint density at radius 2 is 0.930 bits per heavy atom. The summed E-state index contributed by atoms with van der Waals surface area (Å²) in [6, 6.07) is 50.3. The Kier molecular flexibility index (Phi) is 13.4. The molecule has 0 heterocycles. The van der Waals surface area contributed by atoms with Gasteiger partial charge in [-0.15, -0.1) is 23.2 Å². The van der Waals surface area contributed by atoms with Crippen LogP contribution in [0.5, 0.6) is 0 Å². The fraction of sp³-hybridized carbons (Fsp3) is 0.333. The van der Waals surface area contributed by atoms with Gasteiger partial charge in [-0.3, -0.25) is 0 Å². The minimum atomic E-state index is -0.0151. The van der Waals surface area contributed by atoms with E-state index in [-0.39, 0.29) is 5.41 Å². The van der Waals surface area contributed by atoms with E-state index in [0.717, 1.165) is 23.5 Å². The van der Waals surface area contributed by atoms with E-state index < -0.39 is 0 Å². The minimum Gasteiger partial charge on any atom is -0.127 e. The standard InChI is InChI=1S/C27H27Cl.C21H16.C6H12BrCl/c28-18-8-2-1-7-17-27(22-16-15-20-13-14-21(20)19-22)25-11-5-3-9-23(25)24-10-4-6-12-26(24)27;1-3-7-19-17(5-1)18-6-2-4-8-20(18)21(19)16-12-10-14-9-11-15(14)13-16;7-5-3-1-2-4-6-8/h3-6,9-12,15-16,19H,1-2,7-8,13-14,17-18H2;1-8,10,12-13,21H,9,11H2;1-6H2. The molecule has 4 aliphatic carbocycles. The van der Waals surface area contributed by atoms with Gasteiger partial charge in [0, 0.05) is 28.4 Å². The summed E-state index contributed by atoms with van der Waals surface area (Å²) in [4.78, 5) is 0. The summed E-state index contributed by atoms with van der Waals surface area (Å²) < 4.78 is 0. The van der Waals surface area contributed by atoms with Gasteiger partial charge < -0.3 is 0 Å². The first kappa shape index (κ1) is 40.2. The van der Waals surface area contributed by atoms with Crippen LogP contribution in [0.25, 0.3) is 22.3 Å². The van der Waals surface area contributed by atoms with Crippen LogP contribution in [-0.2, 0) is 31.1 Å². The Morgan fingerprint density at radius 3 is 1.44 bits per heavy atom. The summed E-state index contributed by atoms with van der Waals surface area (Å²) in [5.41, 5.74) is 20.7. The van der Waals surface area contributed by atoms with E-state index in [1.165, 1.54) is 133 Å². The van der Waals surface area contributed by atoms with Crippen LogP contribution in [0.3, 0.4) is 0 Å². The Hall–Kier alpha value is -3.62. The van der Waals surface area contributed by atoms with Crippen molar-refractivity contribution in [3.8, 4) is 22.3 Å². The van der Waals surface area contributed by atoms with Crippen molar-refractivity contribution < 1.29 is 0 Å². The fourth-order valence-corrected chi connectivity index (χ4v) is 10.6. The van der Waals surface area contributed by atoms with Gasteiger partial charge in [0.2, 0.25) is 0 Å². The van der Waals surface area contributed by atoms with Crippen LogP contribution < -0.4 is 0 Å². The summed E-state index contributed by atoms with van der Waals surface area (Å²) in [7, 11) is 0. The molecule has 292 valence electrons. The third-order valence-corrected chi connectivity index (χ3v) is 14.0. The summed E-state index contributed by atoms with van der Waals surface area (Å²) >= 11 is 14.7. The highest BCUT2D eigenvalue weighted by Crippen LogP contribution is 2.55. The second-order valence-corrected chi connectivity index (χ2v) is 17.8. The lowest BCUT2D eigenvalue weighted by molar-refractivity contribution is 0.515. The quantitative estimate of drug-likeness (QED) is 0.0801. The molecule has 0 aromatic heterocycles. The highest BCUT2D eigenvalue weighted by Gasteiger charge is 2.44. The zero-order valence-electron chi connectivity index (χ0n) is 33.2. The summed E-state index contributed by atoms with van der Waals surface area (Å²) in [6.07, 6.45) is 16.1. The second kappa shape index (κ2) is 19.0. The first-order valence-electron chi connectivity index (χ1n) is 21.5. The zero-order chi connectivity index (χ0) is 39.0. The van der Waals surface area contributed by atoms with E-state index >= 15 is 0 Å². The molecular weight excluding hydrogens is 799 g/mol. The lowest BCUT2D eigenvalue weighted by Crippen LogP contribution is -2.28. The van der Waals surface area contributed by atoms with Crippen LogP contribution >= 0.6 is 39.1 Å². The van der Waals surface area contributed by atoms with Gasteiger partial charge in [-0.1, -0.05) is 181 Å². The summed E-state index contributed by atoms with van der Waals surface area (Å²) in [6.45, 7) is 0. The van der Waals surface area contributed by atoms with Crippen LogP contribution in [0.4, 0.5) is 0 Å². The molecule has 0 N–H and O–H groups in total. The van der Waals surface area contributed by atoms with Crippen molar-refractivity contribution in [2.24, 2.45) is 0 Å². The number of benzene rings is 6. The maximum absolute atomic E-state index is 5.90. The number of rotatable bonds is 13. The number of hydrogen-bond acceptors (Lipinski definition) is 0. The average molecular weight is 855 g/mol. The first-order valence-corrected chi connectivity index (χ1v) is 23.7. The zero-order valence-corrected chi connectivity index (χ0v) is 36.3. The van der Waals surface area contributed by atoms with Crippen molar-refractivity contribution in [1.82, 2.24) is 0 Å². The molecule has 0 saturated heterocycles. The summed E-state index contributed by atoms with van der Waals surface area (Å²) in [5.74, 6) is 2.01. The molecule has 6 aromatic rings. The van der Waals surface area contributed by atoms with Crippen molar-refractivity contribution in [2.45, 2.75) is 94.8 Å². The largest absolute Gasteiger partial charge is 0.127 e. The number of hydrogen-bond donors (Lipinski definition) is 0. The normalized spacial score (nSPS) is 14.5. The highest BCUT2D eigenvalue weighted by atomic mass is 79.9. The highest BCUT2D eigenvalue weighted by molar-refractivity contribution is 9.09. The molecule has 57 heavy (non-hydrogen) atoms. The number of fused-ring (bicyclic) bond motifs is 8. The number of alkyl halides is 3. The van der Waals surface area contributed by atoms with Gasteiger partial charge in [0.25, 0.3) is 0 Å². The first-order chi connectivity index (χ1) is 28.2. The Bertz CT molecular complexity index is 2190. The SMILES string of the molecule is ClCCCCCCBr.ClCCCCCCC1(c2ccc3c(c2)CC3)c2ccccc2-c2ccccc21.c1ccc2c(c1)-c1ccccc1C2c1ccc2c(c1)CC2. The molecule has 0 amide bonds. The lowest BCUT2D eigenvalue weighted by Gasteiger charge is -2.35. The van der Waals surface area contributed by atoms with Gasteiger partial charge >= 0.3 is 0 Å². The number of halogens is 3. The third-order valence-electron chi connectivity index (χ3n) is 12.9. The molecule has 0 unspecified atom stereocenters. The minimum absolute atomic E-state index is 0.0151. The van der Waals surface area contributed by atoms with E-state index in [0.29, 0.717) is 5.92 Å². The molecule has 0 saturated carbocycles. The molecule has 0 aliphatic heterocycles. The van der Waals surface area contributed by atoms with Crippen LogP contribution in [0.15, 0.2) is 133 Å². The molecule has 0 atom stereocenters. The topological polar surface area (TPSA) is 0 Å². The molecule has 0 bridgehead atoms. The number of unbranched alkanes of at least 4 members (excludes halogenated alkanes) is 6. The van der Waals surface area contributed by atoms with Crippen molar-refractivity contribution in [1.29, 1.82) is 0 Å². The van der Waals surface area contributed by atoms with E-state index in [1.54, 1.807) is 22.3 Å². The third kappa shape index (κ3) is 8.19. The number of aryl methyl sites for hydroxylation is 4. The lowest BCUT2D eigenvalue weighted by atomic mass is 9.68. The molecule has 4 aliphatic rings. The molecule has 3 heteroatoms. The van der Waals surface area contributed by atoms with E-state index in [4.69, 9.17) is 23.2 Å². The Labute approximate surface area is 360 Å². The van der Waals surface area contributed by atoms with Crippen molar-refractivity contribution in [2.75, 3.05) is 17.1 Å². The molecular formula is C54H55BrCl2. The average Bonchev–Trinajstić information content (AvgIpc) is 3.72. The predicted molar refractivity (Wildman–Crippen MR) is 249 cm³/mol. The second-order valence-electron chi connectivity index (χ2n) is 16.3. The van der Waals surface area contributed by atoms with Crippen LogP contribution in [-0.4, -0.2) is 17.1 Å². The fourth-order valence-electron chi connectivity index (χ4n) is 9.80. The van der Waals surface area contributed by atoms with Gasteiger partial charge in [-0.25, -0.2) is 0 Å². The van der Waals surface area contributed by atoms with Crippen molar-refractivity contribution in [3.05, 3.63) is 189 Å². The molecule has 0 nitrogen and oxygen atoms in total. The van der Waals surface area contributed by atoms with Gasteiger partial charge in [0.15, 0.2) is 0 Å². The Balaban J connectivity index is 0.000000138. The Morgan fingerprint density at radius 1 is 0.456 bits per heavy atom. The molecule has 10 rings (SSSR count). The smallest absolute Gasteiger partial charge is 0.0463 e. The van der Waals surface area contributed by atoms with Gasteiger partial charge in [0.1, 0.15) is 0 Å². The van der Waals surface area contributed by atoms with Gasteiger partial charge in [-0.05, 0) is 129 Å². The van der Waals surface area contributed by atoms with Crippen molar-refractivity contribution in [3.63, 3.8) is 0 Å². The van der Waals surface area contributed by atoms with Crippen LogP contribution in [0.1, 0.15) is 119 Å². The molecule has 6 aromatic carbocycles. The van der Waals surface area contributed by atoms with Crippen LogP contribution in [0.2, 0.25) is 0 Å². The maximum Gasteiger partial charge on any atom is 0.0463 e. The van der Waals surface area contributed by atoms with Gasteiger partial charge in [-0.2, -0.15) is 0 Å². The molecule has 0 spiro atoms.